The first-order valence-electron chi connectivity index (χ1n) is 2.44. The molecule has 0 atom stereocenters. The summed E-state index contributed by atoms with van der Waals surface area (Å²) in [6.07, 6.45) is -3.67. The largest absolute Gasteiger partial charge is 0.504 e. The van der Waals surface area contributed by atoms with Crippen LogP contribution in [0.4, 0.5) is 13.2 Å². The van der Waals surface area contributed by atoms with E-state index in [9.17, 15) is 13.2 Å². The monoisotopic (exact) mass is 140 g/mol. The molecule has 0 aliphatic rings. The lowest BCUT2D eigenvalue weighted by molar-refractivity contribution is -0.120. The summed E-state index contributed by atoms with van der Waals surface area (Å²) in [5.41, 5.74) is 0. The highest BCUT2D eigenvalue weighted by Crippen LogP contribution is 2.22. The third kappa shape index (κ3) is 3.00. The Hall–Kier alpha value is -0.670. The molecule has 0 aromatic heterocycles. The second-order valence-corrected chi connectivity index (χ2v) is 1.50. The van der Waals surface area contributed by atoms with Crippen molar-refractivity contribution in [2.45, 2.75) is 19.5 Å². The lowest BCUT2D eigenvalue weighted by Crippen LogP contribution is -2.10. The third-order valence-corrected chi connectivity index (χ3v) is 0.688. The molecule has 1 N–H and O–H groups in total. The summed E-state index contributed by atoms with van der Waals surface area (Å²) in [5, 5.41) is 8.12. The van der Waals surface area contributed by atoms with E-state index in [0.29, 0.717) is 0 Å². The zero-order chi connectivity index (χ0) is 7.49. The van der Waals surface area contributed by atoms with Crippen LogP contribution in [0.25, 0.3) is 0 Å². The van der Waals surface area contributed by atoms with Crippen LogP contribution in [0.15, 0.2) is 11.8 Å². The molecule has 0 bridgehead atoms. The predicted molar refractivity (Wildman–Crippen MR) is 27.1 cm³/mol. The fourth-order valence-electron chi connectivity index (χ4n) is 0.309. The molecule has 4 heteroatoms. The minimum atomic E-state index is -4.57. The molecule has 0 fully saturated rings. The number of alkyl halides is 3. The molecule has 0 spiro atoms. The molecule has 1 nitrogen and oxygen atoms in total. The van der Waals surface area contributed by atoms with Crippen molar-refractivity contribution in [3.05, 3.63) is 11.8 Å². The average molecular weight is 140 g/mol. The van der Waals surface area contributed by atoms with Crippen LogP contribution >= 0.6 is 0 Å². The average Bonchev–Trinajstić information content (AvgIpc) is 1.64. The molecule has 54 valence electrons. The minimum absolute atomic E-state index is 0.186. The maximum absolute atomic E-state index is 11.3. The number of hydrogen-bond acceptors (Lipinski definition) is 1. The van der Waals surface area contributed by atoms with Crippen LogP contribution in [0.2, 0.25) is 0 Å². The lowest BCUT2D eigenvalue weighted by atomic mass is 10.4. The lowest BCUT2D eigenvalue weighted by Gasteiger charge is -2.02. The van der Waals surface area contributed by atoms with Crippen LogP contribution < -0.4 is 0 Å². The smallest absolute Gasteiger partial charge is 0.448 e. The first kappa shape index (κ1) is 8.33. The number of aliphatic hydroxyl groups is 1. The highest BCUT2D eigenvalue weighted by atomic mass is 19.4. The summed E-state index contributed by atoms with van der Waals surface area (Å²) in [5.74, 6) is -1.51. The SMILES string of the molecule is CCC=C(O)C(F)(F)F. The van der Waals surface area contributed by atoms with Gasteiger partial charge in [-0.15, -0.1) is 0 Å². The topological polar surface area (TPSA) is 20.2 Å². The number of rotatable bonds is 1. The van der Waals surface area contributed by atoms with Crippen LogP contribution in [0.5, 0.6) is 0 Å². The Morgan fingerprint density at radius 2 is 2.00 bits per heavy atom. The zero-order valence-electron chi connectivity index (χ0n) is 4.87. The summed E-state index contributed by atoms with van der Waals surface area (Å²) >= 11 is 0. The van der Waals surface area contributed by atoms with Crippen molar-refractivity contribution < 1.29 is 18.3 Å². The van der Waals surface area contributed by atoms with Crippen molar-refractivity contribution in [2.24, 2.45) is 0 Å². The van der Waals surface area contributed by atoms with Crippen molar-refractivity contribution >= 4 is 0 Å². The van der Waals surface area contributed by atoms with Crippen molar-refractivity contribution in [3.63, 3.8) is 0 Å². The molecule has 0 amide bonds. The van der Waals surface area contributed by atoms with Crippen LogP contribution in [0.3, 0.4) is 0 Å². The van der Waals surface area contributed by atoms with Gasteiger partial charge >= 0.3 is 6.18 Å². The molecule has 0 rings (SSSR count). The van der Waals surface area contributed by atoms with E-state index in [1.807, 2.05) is 0 Å². The molecular formula is C5H7F3O. The number of allylic oxidation sites excluding steroid dienone is 2. The van der Waals surface area contributed by atoms with E-state index in [4.69, 9.17) is 5.11 Å². The van der Waals surface area contributed by atoms with Gasteiger partial charge in [0.2, 0.25) is 0 Å². The third-order valence-electron chi connectivity index (χ3n) is 0.688. The summed E-state index contributed by atoms with van der Waals surface area (Å²) in [6, 6.07) is 0. The van der Waals surface area contributed by atoms with Crippen molar-refractivity contribution in [3.8, 4) is 0 Å². The van der Waals surface area contributed by atoms with E-state index in [0.717, 1.165) is 6.08 Å². The second kappa shape index (κ2) is 2.75. The molecule has 0 aromatic rings. The van der Waals surface area contributed by atoms with Gasteiger partial charge in [-0.1, -0.05) is 6.92 Å². The highest BCUT2D eigenvalue weighted by molar-refractivity contribution is 4.97. The number of hydrogen-bond donors (Lipinski definition) is 1. The van der Waals surface area contributed by atoms with Gasteiger partial charge in [0, 0.05) is 0 Å². The van der Waals surface area contributed by atoms with Gasteiger partial charge in [0.1, 0.15) is 0 Å². The van der Waals surface area contributed by atoms with E-state index >= 15 is 0 Å². The minimum Gasteiger partial charge on any atom is -0.504 e. The van der Waals surface area contributed by atoms with E-state index in [1.165, 1.54) is 6.92 Å². The maximum atomic E-state index is 11.3. The van der Waals surface area contributed by atoms with E-state index in [1.54, 1.807) is 0 Å². The van der Waals surface area contributed by atoms with E-state index < -0.39 is 11.9 Å². The Labute approximate surface area is 50.8 Å². The number of halogens is 3. The second-order valence-electron chi connectivity index (χ2n) is 1.50. The van der Waals surface area contributed by atoms with Crippen LogP contribution in [-0.2, 0) is 0 Å². The van der Waals surface area contributed by atoms with Gasteiger partial charge in [-0.05, 0) is 12.5 Å². The summed E-state index contributed by atoms with van der Waals surface area (Å²) in [6.45, 7) is 1.52. The van der Waals surface area contributed by atoms with Gasteiger partial charge in [-0.2, -0.15) is 13.2 Å². The van der Waals surface area contributed by atoms with Crippen LogP contribution in [-0.4, -0.2) is 11.3 Å². The van der Waals surface area contributed by atoms with Gasteiger partial charge in [0.05, 0.1) is 0 Å². The summed E-state index contributed by atoms with van der Waals surface area (Å²) < 4.78 is 34.0. The van der Waals surface area contributed by atoms with Crippen molar-refractivity contribution in [1.82, 2.24) is 0 Å². The van der Waals surface area contributed by atoms with Crippen molar-refractivity contribution in [1.29, 1.82) is 0 Å². The molecule has 0 aliphatic carbocycles. The highest BCUT2D eigenvalue weighted by Gasteiger charge is 2.32. The Morgan fingerprint density at radius 1 is 1.56 bits per heavy atom. The molecule has 0 saturated carbocycles. The fraction of sp³-hybridized carbons (Fsp3) is 0.600. The van der Waals surface area contributed by atoms with Gasteiger partial charge < -0.3 is 5.11 Å². The van der Waals surface area contributed by atoms with Gasteiger partial charge in [-0.25, -0.2) is 0 Å². The first-order valence-corrected chi connectivity index (χ1v) is 2.44. The molecule has 9 heavy (non-hydrogen) atoms. The normalized spacial score (nSPS) is 14.0. The summed E-state index contributed by atoms with van der Waals surface area (Å²) in [4.78, 5) is 0. The van der Waals surface area contributed by atoms with Gasteiger partial charge in [-0.3, -0.25) is 0 Å². The van der Waals surface area contributed by atoms with Crippen molar-refractivity contribution in [2.75, 3.05) is 0 Å². The van der Waals surface area contributed by atoms with Crippen LogP contribution in [0, 0.1) is 0 Å². The molecule has 0 saturated heterocycles. The first-order chi connectivity index (χ1) is 3.98. The van der Waals surface area contributed by atoms with Crippen LogP contribution in [0.1, 0.15) is 13.3 Å². The van der Waals surface area contributed by atoms with Gasteiger partial charge in [0.15, 0.2) is 5.76 Å². The number of aliphatic hydroxyl groups excluding tert-OH is 1. The quantitative estimate of drug-likeness (QED) is 0.554. The maximum Gasteiger partial charge on any atom is 0.448 e. The Kier molecular flexibility index (Phi) is 2.55. The molecule has 0 radical (unpaired) electrons. The fourth-order valence-corrected chi connectivity index (χ4v) is 0.309. The zero-order valence-corrected chi connectivity index (χ0v) is 4.87. The molecular weight excluding hydrogens is 133 g/mol. The Bertz CT molecular complexity index is 114. The van der Waals surface area contributed by atoms with E-state index in [-0.39, 0.29) is 6.42 Å². The molecule has 0 heterocycles. The Morgan fingerprint density at radius 3 is 2.11 bits per heavy atom. The standard InChI is InChI=1S/C5H7F3O/c1-2-3-4(9)5(6,7)8/h3,9H,2H2,1H3. The van der Waals surface area contributed by atoms with Gasteiger partial charge in [0.25, 0.3) is 0 Å². The predicted octanol–water partition coefficient (Wildman–Crippen LogP) is 2.40. The molecule has 0 aliphatic heterocycles. The molecule has 0 unspecified atom stereocenters. The molecule has 0 aromatic carbocycles. The van der Waals surface area contributed by atoms with E-state index in [2.05, 4.69) is 0 Å². The summed E-state index contributed by atoms with van der Waals surface area (Å²) in [7, 11) is 0. The Balaban J connectivity index is 4.03.